The predicted octanol–water partition coefficient (Wildman–Crippen LogP) is 15.1. The van der Waals surface area contributed by atoms with Gasteiger partial charge in [-0.15, -0.1) is 11.3 Å². The summed E-state index contributed by atoms with van der Waals surface area (Å²) in [6.07, 6.45) is 0. The highest BCUT2D eigenvalue weighted by Gasteiger charge is 2.20. The second kappa shape index (κ2) is 10.5. The van der Waals surface area contributed by atoms with Crippen molar-refractivity contribution in [2.45, 2.75) is 0 Å². The molecule has 0 amide bonds. The number of thiophene rings is 1. The van der Waals surface area contributed by atoms with Crippen molar-refractivity contribution in [1.29, 1.82) is 0 Å². The Morgan fingerprint density at radius 1 is 0.308 bits per heavy atom. The van der Waals surface area contributed by atoms with E-state index < -0.39 is 0 Å². The van der Waals surface area contributed by atoms with Gasteiger partial charge in [0.25, 0.3) is 0 Å². The second-order valence-corrected chi connectivity index (χ2v) is 15.0. The molecule has 0 radical (unpaired) electrons. The van der Waals surface area contributed by atoms with Gasteiger partial charge in [0.05, 0.1) is 0 Å². The molecule has 0 aliphatic heterocycles. The molecule has 0 saturated heterocycles. The van der Waals surface area contributed by atoms with Crippen molar-refractivity contribution in [3.05, 3.63) is 170 Å². The molecule has 0 atom stereocenters. The molecule has 0 N–H and O–H groups in total. The van der Waals surface area contributed by atoms with Crippen molar-refractivity contribution < 1.29 is 4.42 Å². The number of fused-ring (bicyclic) bond motifs is 14. The Labute approximate surface area is 302 Å². The quantitative estimate of drug-likeness (QED) is 0.131. The van der Waals surface area contributed by atoms with Crippen molar-refractivity contribution in [3.8, 4) is 22.3 Å². The van der Waals surface area contributed by atoms with Crippen LogP contribution in [0.25, 0.3) is 118 Å². The summed E-state index contributed by atoms with van der Waals surface area (Å²) >= 11 is 1.89. The van der Waals surface area contributed by atoms with Gasteiger partial charge in [-0.2, -0.15) is 0 Å². The minimum absolute atomic E-state index is 0.906. The predicted molar refractivity (Wildman–Crippen MR) is 225 cm³/mol. The van der Waals surface area contributed by atoms with E-state index in [1.807, 2.05) is 11.3 Å². The van der Waals surface area contributed by atoms with Crippen molar-refractivity contribution in [2.24, 2.45) is 0 Å². The SMILES string of the molecule is c1ccc2c(c1)sc1c(-c3c4ccccc4c(-c4ccc5c(c4)oc4cc6c7ccccc7c7ccccc7c6cc45)c4ccccc34)cccc12. The maximum Gasteiger partial charge on any atom is 0.136 e. The zero-order valence-electron chi connectivity index (χ0n) is 28.0. The third kappa shape index (κ3) is 3.82. The Kier molecular flexibility index (Phi) is 5.71. The lowest BCUT2D eigenvalue weighted by molar-refractivity contribution is 0.669. The molecule has 12 aromatic rings. The van der Waals surface area contributed by atoms with Crippen LogP contribution in [0.2, 0.25) is 0 Å². The Hall–Kier alpha value is -6.48. The first-order chi connectivity index (χ1) is 25.8. The number of hydrogen-bond donors (Lipinski definition) is 0. The van der Waals surface area contributed by atoms with E-state index in [4.69, 9.17) is 4.42 Å². The molecule has 10 aromatic carbocycles. The summed E-state index contributed by atoms with van der Waals surface area (Å²) in [6, 6.07) is 62.4. The molecule has 0 spiro atoms. The van der Waals surface area contributed by atoms with Crippen molar-refractivity contribution >= 4 is 107 Å². The summed E-state index contributed by atoms with van der Waals surface area (Å²) in [4.78, 5) is 0. The molecule has 0 aliphatic carbocycles. The van der Waals surface area contributed by atoms with Crippen LogP contribution in [0.1, 0.15) is 0 Å². The Morgan fingerprint density at radius 2 is 0.808 bits per heavy atom. The monoisotopic (exact) mass is 676 g/mol. The highest BCUT2D eigenvalue weighted by Crippen LogP contribution is 2.48. The maximum atomic E-state index is 6.78. The molecule has 2 heterocycles. The van der Waals surface area contributed by atoms with Crippen LogP contribution in [-0.2, 0) is 0 Å². The van der Waals surface area contributed by atoms with Gasteiger partial charge in [-0.1, -0.05) is 140 Å². The van der Waals surface area contributed by atoms with Crippen LogP contribution in [0.3, 0.4) is 0 Å². The minimum atomic E-state index is 0.906. The van der Waals surface area contributed by atoms with Gasteiger partial charge in [-0.3, -0.25) is 0 Å². The molecular weight excluding hydrogens is 649 g/mol. The van der Waals surface area contributed by atoms with Crippen LogP contribution in [0.4, 0.5) is 0 Å². The molecule has 2 aromatic heterocycles. The van der Waals surface area contributed by atoms with Crippen molar-refractivity contribution in [3.63, 3.8) is 0 Å². The van der Waals surface area contributed by atoms with Gasteiger partial charge in [0.1, 0.15) is 11.2 Å². The average Bonchev–Trinajstić information content (AvgIpc) is 3.77. The van der Waals surface area contributed by atoms with Crippen LogP contribution in [-0.4, -0.2) is 0 Å². The Bertz CT molecular complexity index is 3410. The summed E-state index contributed by atoms with van der Waals surface area (Å²) in [5, 5.41) is 17.5. The largest absolute Gasteiger partial charge is 0.456 e. The molecule has 52 heavy (non-hydrogen) atoms. The lowest BCUT2D eigenvalue weighted by atomic mass is 9.85. The highest BCUT2D eigenvalue weighted by atomic mass is 32.1. The molecule has 12 rings (SSSR count). The lowest BCUT2D eigenvalue weighted by Crippen LogP contribution is -1.91. The summed E-state index contributed by atoms with van der Waals surface area (Å²) < 4.78 is 9.44. The van der Waals surface area contributed by atoms with Crippen molar-refractivity contribution in [2.75, 3.05) is 0 Å². The third-order valence-electron chi connectivity index (χ3n) is 11.2. The number of benzene rings is 10. The molecule has 0 fully saturated rings. The van der Waals surface area contributed by atoms with Gasteiger partial charge in [0, 0.05) is 36.5 Å². The van der Waals surface area contributed by atoms with Gasteiger partial charge in [0.2, 0.25) is 0 Å². The van der Waals surface area contributed by atoms with E-state index in [1.165, 1.54) is 90.7 Å². The van der Waals surface area contributed by atoms with E-state index in [-0.39, 0.29) is 0 Å². The third-order valence-corrected chi connectivity index (χ3v) is 12.4. The number of rotatable bonds is 2. The molecule has 0 bridgehead atoms. The normalized spacial score (nSPS) is 12.2. The van der Waals surface area contributed by atoms with Gasteiger partial charge in [0.15, 0.2) is 0 Å². The molecule has 2 heteroatoms. The Balaban J connectivity index is 1.13. The van der Waals surface area contributed by atoms with Gasteiger partial charge in [-0.05, 0) is 101 Å². The van der Waals surface area contributed by atoms with Gasteiger partial charge >= 0.3 is 0 Å². The molecular formula is C50H28OS. The van der Waals surface area contributed by atoms with E-state index >= 15 is 0 Å². The van der Waals surface area contributed by atoms with Gasteiger partial charge < -0.3 is 4.42 Å². The summed E-state index contributed by atoms with van der Waals surface area (Å²) in [5.41, 5.74) is 6.81. The molecule has 1 nitrogen and oxygen atoms in total. The topological polar surface area (TPSA) is 13.1 Å². The maximum absolute atomic E-state index is 6.78. The number of hydrogen-bond acceptors (Lipinski definition) is 2. The van der Waals surface area contributed by atoms with Crippen LogP contribution in [0, 0.1) is 0 Å². The summed E-state index contributed by atoms with van der Waals surface area (Å²) in [7, 11) is 0. The van der Waals surface area contributed by atoms with E-state index in [1.54, 1.807) is 0 Å². The van der Waals surface area contributed by atoms with Crippen LogP contribution in [0.15, 0.2) is 174 Å². The van der Waals surface area contributed by atoms with E-state index in [9.17, 15) is 0 Å². The van der Waals surface area contributed by atoms with E-state index in [0.717, 1.165) is 27.5 Å². The zero-order valence-corrected chi connectivity index (χ0v) is 28.8. The minimum Gasteiger partial charge on any atom is -0.456 e. The van der Waals surface area contributed by atoms with E-state index in [0.29, 0.717) is 0 Å². The first-order valence-corrected chi connectivity index (χ1v) is 18.7. The first-order valence-electron chi connectivity index (χ1n) is 17.8. The smallest absolute Gasteiger partial charge is 0.136 e. The Morgan fingerprint density at radius 3 is 1.46 bits per heavy atom. The summed E-state index contributed by atoms with van der Waals surface area (Å²) in [5.74, 6) is 0. The van der Waals surface area contributed by atoms with Crippen molar-refractivity contribution in [1.82, 2.24) is 0 Å². The second-order valence-electron chi connectivity index (χ2n) is 13.9. The average molecular weight is 677 g/mol. The first kappa shape index (κ1) is 28.2. The summed E-state index contributed by atoms with van der Waals surface area (Å²) in [6.45, 7) is 0. The molecule has 0 unspecified atom stereocenters. The standard InChI is InChI=1S/C50H28OS/c1-3-14-32-30(12-1)31-13-2-4-15-33(31)43-28-46-44(27-42(32)43)34-25-24-29(26-45(34)51-46)48-36-17-5-7-19-38(36)49(39-20-8-6-18-37(39)48)41-22-11-21-40-35-16-9-10-23-47(35)52-50(40)41/h1-28H. The highest BCUT2D eigenvalue weighted by molar-refractivity contribution is 7.26. The fourth-order valence-electron chi connectivity index (χ4n) is 9.00. The fraction of sp³-hybridized carbons (Fsp3) is 0. The molecule has 0 aliphatic rings. The van der Waals surface area contributed by atoms with Gasteiger partial charge in [-0.25, -0.2) is 0 Å². The van der Waals surface area contributed by atoms with E-state index in [2.05, 4.69) is 170 Å². The van der Waals surface area contributed by atoms with Crippen LogP contribution < -0.4 is 0 Å². The fourth-order valence-corrected chi connectivity index (χ4v) is 10.2. The van der Waals surface area contributed by atoms with Crippen LogP contribution in [0.5, 0.6) is 0 Å². The molecule has 0 saturated carbocycles. The van der Waals surface area contributed by atoms with Crippen LogP contribution >= 0.6 is 11.3 Å². The molecule has 240 valence electrons. The lowest BCUT2D eigenvalue weighted by Gasteiger charge is -2.18. The number of furan rings is 1. The zero-order chi connectivity index (χ0) is 33.9.